The highest BCUT2D eigenvalue weighted by Gasteiger charge is 2.40. The lowest BCUT2D eigenvalue weighted by Gasteiger charge is -2.32. The van der Waals surface area contributed by atoms with Crippen molar-refractivity contribution < 1.29 is 9.90 Å². The summed E-state index contributed by atoms with van der Waals surface area (Å²) >= 11 is 0. The molecule has 0 saturated heterocycles. The third kappa shape index (κ3) is 2.40. The molecule has 5 heteroatoms. The van der Waals surface area contributed by atoms with E-state index in [0.29, 0.717) is 6.42 Å². The van der Waals surface area contributed by atoms with Crippen LogP contribution in [0.15, 0.2) is 6.33 Å². The number of carbonyl (C=O) groups is 1. The number of aliphatic carboxylic acids is 1. The van der Waals surface area contributed by atoms with Crippen LogP contribution in [0, 0.1) is 5.41 Å². The number of rotatable bonds is 4. The second-order valence-electron chi connectivity index (χ2n) is 5.54. The molecule has 0 amide bonds. The van der Waals surface area contributed by atoms with Crippen LogP contribution < -0.4 is 0 Å². The van der Waals surface area contributed by atoms with E-state index >= 15 is 0 Å². The molecule has 1 aromatic heterocycles. The molecule has 0 unspecified atom stereocenters. The van der Waals surface area contributed by atoms with Gasteiger partial charge < -0.3 is 5.11 Å². The fraction of sp³-hybridized carbons (Fsp3) is 0.769. The summed E-state index contributed by atoms with van der Waals surface area (Å²) < 4.78 is 1.83. The molecular formula is C13H21N3O2. The molecule has 0 spiro atoms. The van der Waals surface area contributed by atoms with Crippen molar-refractivity contribution in [3.8, 4) is 0 Å². The van der Waals surface area contributed by atoms with Crippen molar-refractivity contribution in [1.29, 1.82) is 0 Å². The topological polar surface area (TPSA) is 68.0 Å². The third-order valence-electron chi connectivity index (χ3n) is 3.90. The van der Waals surface area contributed by atoms with Gasteiger partial charge in [0.15, 0.2) is 0 Å². The minimum atomic E-state index is -0.680. The molecule has 1 heterocycles. The quantitative estimate of drug-likeness (QED) is 0.892. The van der Waals surface area contributed by atoms with E-state index in [2.05, 4.69) is 10.1 Å². The molecule has 100 valence electrons. The lowest BCUT2D eigenvalue weighted by atomic mass is 9.71. The number of hydrogen-bond acceptors (Lipinski definition) is 3. The Morgan fingerprint density at radius 1 is 1.44 bits per heavy atom. The lowest BCUT2D eigenvalue weighted by molar-refractivity contribution is -0.151. The molecule has 5 nitrogen and oxygen atoms in total. The van der Waals surface area contributed by atoms with Gasteiger partial charge in [-0.25, -0.2) is 9.67 Å². The molecule has 18 heavy (non-hydrogen) atoms. The first kappa shape index (κ1) is 13.1. The first-order valence-electron chi connectivity index (χ1n) is 6.67. The monoisotopic (exact) mass is 251 g/mol. The normalized spacial score (nSPS) is 19.1. The SMILES string of the molecule is CC(C)n1ncnc1CC1(C(=O)O)CCCCC1. The van der Waals surface area contributed by atoms with Gasteiger partial charge in [0.2, 0.25) is 0 Å². The van der Waals surface area contributed by atoms with Crippen LogP contribution in [-0.2, 0) is 11.2 Å². The average Bonchev–Trinajstić information content (AvgIpc) is 2.78. The maximum atomic E-state index is 11.6. The third-order valence-corrected chi connectivity index (χ3v) is 3.90. The van der Waals surface area contributed by atoms with E-state index in [1.54, 1.807) is 0 Å². The van der Waals surface area contributed by atoms with E-state index in [4.69, 9.17) is 0 Å². The van der Waals surface area contributed by atoms with Gasteiger partial charge >= 0.3 is 5.97 Å². The summed E-state index contributed by atoms with van der Waals surface area (Å²) in [5.41, 5.74) is -0.627. The van der Waals surface area contributed by atoms with E-state index in [1.165, 1.54) is 6.33 Å². The van der Waals surface area contributed by atoms with Crippen LogP contribution in [0.5, 0.6) is 0 Å². The van der Waals surface area contributed by atoms with Gasteiger partial charge in [-0.15, -0.1) is 0 Å². The molecule has 0 radical (unpaired) electrons. The Bertz CT molecular complexity index is 420. The second kappa shape index (κ2) is 5.08. The molecule has 1 N–H and O–H groups in total. The predicted octanol–water partition coefficient (Wildman–Crippen LogP) is 2.44. The summed E-state index contributed by atoms with van der Waals surface area (Å²) in [4.78, 5) is 15.9. The van der Waals surface area contributed by atoms with Crippen molar-refractivity contribution in [3.63, 3.8) is 0 Å². The molecule has 0 bridgehead atoms. The van der Waals surface area contributed by atoms with Crippen LogP contribution in [0.25, 0.3) is 0 Å². The zero-order chi connectivity index (χ0) is 13.2. The Balaban J connectivity index is 2.23. The van der Waals surface area contributed by atoms with Crippen LogP contribution in [0.2, 0.25) is 0 Å². The summed E-state index contributed by atoms with van der Waals surface area (Å²) in [5.74, 6) is 0.120. The van der Waals surface area contributed by atoms with E-state index in [1.807, 2.05) is 18.5 Å². The molecule has 1 fully saturated rings. The molecular weight excluding hydrogens is 230 g/mol. The fourth-order valence-corrected chi connectivity index (χ4v) is 2.83. The largest absolute Gasteiger partial charge is 0.481 e. The van der Waals surface area contributed by atoms with Crippen molar-refractivity contribution in [2.45, 2.75) is 58.4 Å². The number of aromatic nitrogens is 3. The highest BCUT2D eigenvalue weighted by atomic mass is 16.4. The van der Waals surface area contributed by atoms with Gasteiger partial charge in [0, 0.05) is 12.5 Å². The molecule has 1 aliphatic rings. The number of nitrogens with zero attached hydrogens (tertiary/aromatic N) is 3. The predicted molar refractivity (Wildman–Crippen MR) is 67.3 cm³/mol. The average molecular weight is 251 g/mol. The van der Waals surface area contributed by atoms with Gasteiger partial charge in [0.05, 0.1) is 5.41 Å². The zero-order valence-corrected chi connectivity index (χ0v) is 11.1. The van der Waals surface area contributed by atoms with Crippen LogP contribution in [0.4, 0.5) is 0 Å². The minimum Gasteiger partial charge on any atom is -0.481 e. The maximum absolute atomic E-state index is 11.6. The Hall–Kier alpha value is -1.39. The standard InChI is InChI=1S/C13H21N3O2/c1-10(2)16-11(14-9-15-16)8-13(12(17)18)6-4-3-5-7-13/h9-10H,3-8H2,1-2H3,(H,17,18). The first-order valence-corrected chi connectivity index (χ1v) is 6.67. The highest BCUT2D eigenvalue weighted by Crippen LogP contribution is 2.39. The van der Waals surface area contributed by atoms with E-state index < -0.39 is 11.4 Å². The van der Waals surface area contributed by atoms with Crippen molar-refractivity contribution in [2.24, 2.45) is 5.41 Å². The molecule has 2 rings (SSSR count). The molecule has 0 atom stereocenters. The Kier molecular flexibility index (Phi) is 3.68. The molecule has 1 aliphatic carbocycles. The van der Waals surface area contributed by atoms with Crippen LogP contribution >= 0.6 is 0 Å². The van der Waals surface area contributed by atoms with Crippen molar-refractivity contribution in [3.05, 3.63) is 12.2 Å². The van der Waals surface area contributed by atoms with Gasteiger partial charge in [-0.1, -0.05) is 19.3 Å². The van der Waals surface area contributed by atoms with Crippen LogP contribution in [-0.4, -0.2) is 25.8 Å². The molecule has 0 aromatic carbocycles. The second-order valence-corrected chi connectivity index (χ2v) is 5.54. The Labute approximate surface area is 107 Å². The summed E-state index contributed by atoms with van der Waals surface area (Å²) in [6.45, 7) is 4.07. The summed E-state index contributed by atoms with van der Waals surface area (Å²) in [6.07, 6.45) is 6.69. The number of hydrogen-bond donors (Lipinski definition) is 1. The molecule has 1 aromatic rings. The van der Waals surface area contributed by atoms with E-state index in [9.17, 15) is 9.90 Å². The van der Waals surface area contributed by atoms with Crippen molar-refractivity contribution in [2.75, 3.05) is 0 Å². The Morgan fingerprint density at radius 3 is 2.67 bits per heavy atom. The van der Waals surface area contributed by atoms with Crippen molar-refractivity contribution >= 4 is 5.97 Å². The first-order chi connectivity index (χ1) is 8.55. The Morgan fingerprint density at radius 2 is 2.11 bits per heavy atom. The summed E-state index contributed by atoms with van der Waals surface area (Å²) in [5, 5.41) is 13.7. The van der Waals surface area contributed by atoms with Gasteiger partial charge in [0.25, 0.3) is 0 Å². The zero-order valence-electron chi connectivity index (χ0n) is 11.1. The van der Waals surface area contributed by atoms with Gasteiger partial charge in [0.1, 0.15) is 12.2 Å². The lowest BCUT2D eigenvalue weighted by Crippen LogP contribution is -2.36. The minimum absolute atomic E-state index is 0.219. The van der Waals surface area contributed by atoms with E-state index in [-0.39, 0.29) is 6.04 Å². The molecule has 0 aliphatic heterocycles. The summed E-state index contributed by atoms with van der Waals surface area (Å²) in [6, 6.07) is 0.219. The number of carboxylic acid groups (broad SMARTS) is 1. The van der Waals surface area contributed by atoms with Crippen LogP contribution in [0.3, 0.4) is 0 Å². The van der Waals surface area contributed by atoms with E-state index in [0.717, 1.165) is 37.9 Å². The van der Waals surface area contributed by atoms with Gasteiger partial charge in [-0.05, 0) is 26.7 Å². The summed E-state index contributed by atoms with van der Waals surface area (Å²) in [7, 11) is 0. The molecule has 1 saturated carbocycles. The highest BCUT2D eigenvalue weighted by molar-refractivity contribution is 5.75. The van der Waals surface area contributed by atoms with Crippen molar-refractivity contribution in [1.82, 2.24) is 14.8 Å². The smallest absolute Gasteiger partial charge is 0.310 e. The maximum Gasteiger partial charge on any atom is 0.310 e. The fourth-order valence-electron chi connectivity index (χ4n) is 2.83. The van der Waals surface area contributed by atoms with Crippen LogP contribution in [0.1, 0.15) is 57.8 Å². The van der Waals surface area contributed by atoms with Gasteiger partial charge in [-0.3, -0.25) is 4.79 Å². The van der Waals surface area contributed by atoms with Gasteiger partial charge in [-0.2, -0.15) is 5.10 Å². The number of carboxylic acids is 1.